The third-order valence-corrected chi connectivity index (χ3v) is 2.65. The van der Waals surface area contributed by atoms with Crippen LogP contribution in [0.3, 0.4) is 0 Å². The summed E-state index contributed by atoms with van der Waals surface area (Å²) in [5.74, 6) is 0.0457. The summed E-state index contributed by atoms with van der Waals surface area (Å²) in [6.07, 6.45) is 0. The summed E-state index contributed by atoms with van der Waals surface area (Å²) in [5.41, 5.74) is 1.90. The molecule has 0 radical (unpaired) electrons. The molecule has 1 aliphatic heterocycles. The SMILES string of the molecule is C=C1C(=O)c2ccccc2NC1(C)C. The Kier molecular flexibility index (Phi) is 1.74. The standard InChI is InChI=1S/C12H13NO/c1-8-11(14)9-6-4-5-7-10(9)13-12(8,2)3/h4-7,13H,1H2,2-3H3. The van der Waals surface area contributed by atoms with Crippen LogP contribution in [0.25, 0.3) is 0 Å². The number of Topliss-reactive ketones (excluding diaryl/α,β-unsaturated/α-hetero) is 1. The van der Waals surface area contributed by atoms with Gasteiger partial charge in [-0.1, -0.05) is 18.7 Å². The number of carbonyl (C=O) groups excluding carboxylic acids is 1. The molecule has 2 heteroatoms. The Hall–Kier alpha value is -1.57. The summed E-state index contributed by atoms with van der Waals surface area (Å²) in [6, 6.07) is 7.53. The van der Waals surface area contributed by atoms with Gasteiger partial charge in [0, 0.05) is 16.8 Å². The van der Waals surface area contributed by atoms with Gasteiger partial charge in [-0.25, -0.2) is 0 Å². The number of benzene rings is 1. The molecule has 0 saturated heterocycles. The Bertz CT molecular complexity index is 418. The van der Waals surface area contributed by atoms with E-state index >= 15 is 0 Å². The van der Waals surface area contributed by atoms with Crippen molar-refractivity contribution in [3.8, 4) is 0 Å². The van der Waals surface area contributed by atoms with Gasteiger partial charge in [0.1, 0.15) is 0 Å². The first-order valence-electron chi connectivity index (χ1n) is 4.64. The highest BCUT2D eigenvalue weighted by molar-refractivity contribution is 6.15. The van der Waals surface area contributed by atoms with Crippen molar-refractivity contribution in [3.05, 3.63) is 42.0 Å². The van der Waals surface area contributed by atoms with E-state index in [4.69, 9.17) is 0 Å². The molecule has 14 heavy (non-hydrogen) atoms. The fourth-order valence-electron chi connectivity index (χ4n) is 1.65. The predicted octanol–water partition coefficient (Wildman–Crippen LogP) is 2.63. The molecular formula is C12H13NO. The molecule has 1 aromatic carbocycles. The number of para-hydroxylation sites is 1. The molecule has 0 amide bonds. The highest BCUT2D eigenvalue weighted by Gasteiger charge is 2.33. The molecule has 0 aliphatic carbocycles. The number of hydrogen-bond donors (Lipinski definition) is 1. The minimum Gasteiger partial charge on any atom is -0.375 e. The second-order valence-corrected chi connectivity index (χ2v) is 4.10. The first-order valence-corrected chi connectivity index (χ1v) is 4.64. The van der Waals surface area contributed by atoms with Crippen molar-refractivity contribution >= 4 is 11.5 Å². The molecule has 0 fully saturated rings. The van der Waals surface area contributed by atoms with E-state index in [0.717, 1.165) is 11.3 Å². The Balaban J connectivity index is 2.59. The van der Waals surface area contributed by atoms with Crippen LogP contribution in [0.1, 0.15) is 24.2 Å². The Labute approximate surface area is 83.6 Å². The zero-order valence-electron chi connectivity index (χ0n) is 8.42. The Morgan fingerprint density at radius 2 is 1.93 bits per heavy atom. The minimum absolute atomic E-state index is 0.0457. The topological polar surface area (TPSA) is 29.1 Å². The maximum atomic E-state index is 11.9. The molecule has 0 atom stereocenters. The molecule has 1 N–H and O–H groups in total. The lowest BCUT2D eigenvalue weighted by Gasteiger charge is -2.34. The largest absolute Gasteiger partial charge is 0.375 e. The summed E-state index contributed by atoms with van der Waals surface area (Å²) in [4.78, 5) is 11.9. The van der Waals surface area contributed by atoms with Gasteiger partial charge in [-0.15, -0.1) is 0 Å². The number of carbonyl (C=O) groups is 1. The Morgan fingerprint density at radius 3 is 2.64 bits per heavy atom. The lowest BCUT2D eigenvalue weighted by Crippen LogP contribution is -2.40. The molecule has 1 aliphatic rings. The quantitative estimate of drug-likeness (QED) is 0.632. The van der Waals surface area contributed by atoms with Crippen LogP contribution in [0.15, 0.2) is 36.4 Å². The van der Waals surface area contributed by atoms with E-state index in [1.807, 2.05) is 38.1 Å². The van der Waals surface area contributed by atoms with E-state index in [1.165, 1.54) is 0 Å². The van der Waals surface area contributed by atoms with Gasteiger partial charge in [-0.2, -0.15) is 0 Å². The van der Waals surface area contributed by atoms with Crippen molar-refractivity contribution < 1.29 is 4.79 Å². The fraction of sp³-hybridized carbons (Fsp3) is 0.250. The lowest BCUT2D eigenvalue weighted by molar-refractivity contribution is 0.102. The smallest absolute Gasteiger partial charge is 0.192 e. The van der Waals surface area contributed by atoms with Crippen molar-refractivity contribution in [3.63, 3.8) is 0 Å². The zero-order valence-corrected chi connectivity index (χ0v) is 8.42. The average molecular weight is 187 g/mol. The van der Waals surface area contributed by atoms with Crippen molar-refractivity contribution in [2.45, 2.75) is 19.4 Å². The van der Waals surface area contributed by atoms with Crippen LogP contribution >= 0.6 is 0 Å². The summed E-state index contributed by atoms with van der Waals surface area (Å²) in [5, 5.41) is 3.30. The van der Waals surface area contributed by atoms with Gasteiger partial charge in [0.25, 0.3) is 0 Å². The summed E-state index contributed by atoms with van der Waals surface area (Å²) < 4.78 is 0. The number of fused-ring (bicyclic) bond motifs is 1. The van der Waals surface area contributed by atoms with Crippen molar-refractivity contribution in [2.24, 2.45) is 0 Å². The van der Waals surface area contributed by atoms with Crippen molar-refractivity contribution in [1.82, 2.24) is 0 Å². The van der Waals surface area contributed by atoms with Crippen molar-refractivity contribution in [1.29, 1.82) is 0 Å². The molecule has 2 rings (SSSR count). The summed E-state index contributed by atoms with van der Waals surface area (Å²) in [6.45, 7) is 7.76. The van der Waals surface area contributed by atoms with Crippen LogP contribution in [-0.4, -0.2) is 11.3 Å². The van der Waals surface area contributed by atoms with Crippen LogP contribution in [0.4, 0.5) is 5.69 Å². The number of anilines is 1. The first-order chi connectivity index (χ1) is 6.52. The van der Waals surface area contributed by atoms with Gasteiger partial charge in [-0.05, 0) is 26.0 Å². The molecule has 0 aromatic heterocycles. The average Bonchev–Trinajstić information content (AvgIpc) is 2.14. The molecular weight excluding hydrogens is 174 g/mol. The second kappa shape index (κ2) is 2.71. The molecule has 2 nitrogen and oxygen atoms in total. The summed E-state index contributed by atoms with van der Waals surface area (Å²) in [7, 11) is 0. The van der Waals surface area contributed by atoms with Gasteiger partial charge in [0.2, 0.25) is 0 Å². The van der Waals surface area contributed by atoms with Gasteiger partial charge in [0.15, 0.2) is 5.78 Å². The first kappa shape index (κ1) is 9.00. The highest BCUT2D eigenvalue weighted by atomic mass is 16.1. The van der Waals surface area contributed by atoms with E-state index in [-0.39, 0.29) is 11.3 Å². The maximum absolute atomic E-state index is 11.9. The van der Waals surface area contributed by atoms with Crippen LogP contribution in [0.2, 0.25) is 0 Å². The van der Waals surface area contributed by atoms with Gasteiger partial charge in [0.05, 0.1) is 5.54 Å². The molecule has 0 unspecified atom stereocenters. The lowest BCUT2D eigenvalue weighted by atomic mass is 9.84. The van der Waals surface area contributed by atoms with E-state index in [9.17, 15) is 4.79 Å². The summed E-state index contributed by atoms with van der Waals surface area (Å²) >= 11 is 0. The predicted molar refractivity (Wildman–Crippen MR) is 57.6 cm³/mol. The van der Waals surface area contributed by atoms with Crippen LogP contribution < -0.4 is 5.32 Å². The number of rotatable bonds is 0. The van der Waals surface area contributed by atoms with Gasteiger partial charge in [-0.3, -0.25) is 4.79 Å². The third kappa shape index (κ3) is 1.15. The zero-order chi connectivity index (χ0) is 10.3. The van der Waals surface area contributed by atoms with E-state index < -0.39 is 0 Å². The van der Waals surface area contributed by atoms with E-state index in [0.29, 0.717) is 5.57 Å². The fourth-order valence-corrected chi connectivity index (χ4v) is 1.65. The monoisotopic (exact) mass is 187 g/mol. The molecule has 0 spiro atoms. The maximum Gasteiger partial charge on any atom is 0.192 e. The molecule has 0 bridgehead atoms. The minimum atomic E-state index is -0.342. The van der Waals surface area contributed by atoms with Crippen LogP contribution in [0, 0.1) is 0 Å². The van der Waals surface area contributed by atoms with Gasteiger partial charge >= 0.3 is 0 Å². The number of nitrogens with one attached hydrogen (secondary N) is 1. The molecule has 1 heterocycles. The van der Waals surface area contributed by atoms with Crippen LogP contribution in [-0.2, 0) is 0 Å². The molecule has 1 aromatic rings. The van der Waals surface area contributed by atoms with E-state index in [1.54, 1.807) is 0 Å². The highest BCUT2D eigenvalue weighted by Crippen LogP contribution is 2.32. The molecule has 0 saturated carbocycles. The number of ketones is 1. The van der Waals surface area contributed by atoms with Gasteiger partial charge < -0.3 is 5.32 Å². The second-order valence-electron chi connectivity index (χ2n) is 4.10. The number of hydrogen-bond acceptors (Lipinski definition) is 2. The Morgan fingerprint density at radius 1 is 1.29 bits per heavy atom. The van der Waals surface area contributed by atoms with Crippen LogP contribution in [0.5, 0.6) is 0 Å². The van der Waals surface area contributed by atoms with E-state index in [2.05, 4.69) is 11.9 Å². The molecule has 72 valence electrons. The van der Waals surface area contributed by atoms with Crippen molar-refractivity contribution in [2.75, 3.05) is 5.32 Å². The third-order valence-electron chi connectivity index (χ3n) is 2.65. The normalized spacial score (nSPS) is 18.7.